The van der Waals surface area contributed by atoms with Gasteiger partial charge in [0.2, 0.25) is 10.0 Å². The molecular formula is C10H11Cl2N3O2S2. The molecule has 0 saturated carbocycles. The summed E-state index contributed by atoms with van der Waals surface area (Å²) in [5, 5.41) is 8.61. The molecule has 1 aliphatic rings. The van der Waals surface area contributed by atoms with Gasteiger partial charge in [0.15, 0.2) is 0 Å². The lowest BCUT2D eigenvalue weighted by molar-refractivity contribution is 0.206. The number of thiophene rings is 1. The van der Waals surface area contributed by atoms with E-state index in [0.29, 0.717) is 37.1 Å². The Kier molecular flexibility index (Phi) is 4.71. The Labute approximate surface area is 126 Å². The van der Waals surface area contributed by atoms with Crippen molar-refractivity contribution < 1.29 is 8.42 Å². The van der Waals surface area contributed by atoms with Crippen LogP contribution in [0.4, 0.5) is 0 Å². The van der Waals surface area contributed by atoms with Crippen molar-refractivity contribution in [1.29, 1.82) is 5.26 Å². The van der Waals surface area contributed by atoms with Crippen molar-refractivity contribution in [1.82, 2.24) is 9.21 Å². The summed E-state index contributed by atoms with van der Waals surface area (Å²) < 4.78 is 26.7. The van der Waals surface area contributed by atoms with Crippen LogP contribution in [-0.4, -0.2) is 50.3 Å². The van der Waals surface area contributed by atoms with E-state index in [4.69, 9.17) is 28.5 Å². The van der Waals surface area contributed by atoms with Gasteiger partial charge in [-0.25, -0.2) is 8.42 Å². The monoisotopic (exact) mass is 339 g/mol. The first-order valence-electron chi connectivity index (χ1n) is 5.49. The Morgan fingerprint density at radius 1 is 1.32 bits per heavy atom. The lowest BCUT2D eigenvalue weighted by Crippen LogP contribution is -2.48. The Morgan fingerprint density at radius 3 is 2.42 bits per heavy atom. The van der Waals surface area contributed by atoms with Gasteiger partial charge < -0.3 is 0 Å². The number of hydrogen-bond acceptors (Lipinski definition) is 5. The third-order valence-corrected chi connectivity index (χ3v) is 6.52. The molecule has 1 saturated heterocycles. The van der Waals surface area contributed by atoms with E-state index in [9.17, 15) is 8.42 Å². The van der Waals surface area contributed by atoms with Crippen molar-refractivity contribution in [2.45, 2.75) is 4.90 Å². The molecule has 9 heteroatoms. The summed E-state index contributed by atoms with van der Waals surface area (Å²) in [5.74, 6) is 0. The van der Waals surface area contributed by atoms with Gasteiger partial charge >= 0.3 is 0 Å². The number of halogens is 2. The van der Waals surface area contributed by atoms with E-state index in [1.165, 1.54) is 10.4 Å². The normalized spacial score (nSPS) is 18.4. The van der Waals surface area contributed by atoms with E-state index in [1.54, 1.807) is 0 Å². The zero-order valence-corrected chi connectivity index (χ0v) is 13.0. The zero-order valence-electron chi connectivity index (χ0n) is 9.84. The molecule has 0 bridgehead atoms. The van der Waals surface area contributed by atoms with Crippen LogP contribution in [0.2, 0.25) is 8.67 Å². The summed E-state index contributed by atoms with van der Waals surface area (Å²) in [5.41, 5.74) is 0. The molecule has 0 aromatic carbocycles. The van der Waals surface area contributed by atoms with Gasteiger partial charge in [0.1, 0.15) is 9.23 Å². The van der Waals surface area contributed by atoms with Crippen LogP contribution in [-0.2, 0) is 10.0 Å². The van der Waals surface area contributed by atoms with Gasteiger partial charge in [0.05, 0.1) is 17.0 Å². The van der Waals surface area contributed by atoms with Crippen LogP contribution in [0.25, 0.3) is 0 Å². The van der Waals surface area contributed by atoms with Crippen molar-refractivity contribution in [3.63, 3.8) is 0 Å². The third-order valence-electron chi connectivity index (χ3n) is 2.87. The minimum absolute atomic E-state index is 0.0675. The van der Waals surface area contributed by atoms with Gasteiger partial charge in [0.25, 0.3) is 0 Å². The highest BCUT2D eigenvalue weighted by Crippen LogP contribution is 2.35. The second kappa shape index (κ2) is 5.95. The van der Waals surface area contributed by atoms with Gasteiger partial charge in [-0.1, -0.05) is 23.2 Å². The molecule has 0 aliphatic carbocycles. The fourth-order valence-electron chi connectivity index (χ4n) is 1.87. The van der Waals surface area contributed by atoms with Crippen molar-refractivity contribution in [3.05, 3.63) is 14.7 Å². The maximum absolute atomic E-state index is 12.4. The SMILES string of the molecule is N#CCN1CCN(S(=O)(=O)c2cc(Cl)sc2Cl)CC1. The topological polar surface area (TPSA) is 64.4 Å². The van der Waals surface area contributed by atoms with E-state index >= 15 is 0 Å². The van der Waals surface area contributed by atoms with E-state index < -0.39 is 10.0 Å². The smallest absolute Gasteiger partial charge is 0.245 e. The first-order valence-corrected chi connectivity index (χ1v) is 8.50. The average molecular weight is 340 g/mol. The van der Waals surface area contributed by atoms with Crippen LogP contribution < -0.4 is 0 Å². The summed E-state index contributed by atoms with van der Waals surface area (Å²) in [4.78, 5) is 1.98. The quantitative estimate of drug-likeness (QED) is 0.788. The number of hydrogen-bond donors (Lipinski definition) is 0. The second-order valence-electron chi connectivity index (χ2n) is 4.03. The summed E-state index contributed by atoms with van der Waals surface area (Å²) in [6.45, 7) is 2.12. The molecule has 0 N–H and O–H groups in total. The molecule has 0 radical (unpaired) electrons. The molecule has 1 aliphatic heterocycles. The predicted molar refractivity (Wildman–Crippen MR) is 75.2 cm³/mol. The molecule has 0 atom stereocenters. The van der Waals surface area contributed by atoms with Gasteiger partial charge in [0, 0.05) is 26.2 Å². The average Bonchev–Trinajstić information content (AvgIpc) is 2.70. The van der Waals surface area contributed by atoms with Crippen LogP contribution in [0.1, 0.15) is 0 Å². The maximum Gasteiger partial charge on any atom is 0.245 e. The minimum atomic E-state index is -3.59. The second-order valence-corrected chi connectivity index (χ2v) is 8.22. The van der Waals surface area contributed by atoms with Gasteiger partial charge in [-0.2, -0.15) is 9.57 Å². The summed E-state index contributed by atoms with van der Waals surface area (Å²) in [6.07, 6.45) is 0. The summed E-state index contributed by atoms with van der Waals surface area (Å²) >= 11 is 12.7. The molecule has 1 aromatic rings. The number of sulfonamides is 1. The lowest BCUT2D eigenvalue weighted by Gasteiger charge is -2.32. The fourth-order valence-corrected chi connectivity index (χ4v) is 5.40. The van der Waals surface area contributed by atoms with Gasteiger partial charge in [-0.3, -0.25) is 4.90 Å². The van der Waals surface area contributed by atoms with Crippen molar-refractivity contribution in [2.75, 3.05) is 32.7 Å². The molecule has 0 unspecified atom stereocenters. The van der Waals surface area contributed by atoms with Gasteiger partial charge in [-0.15, -0.1) is 11.3 Å². The lowest BCUT2D eigenvalue weighted by atomic mass is 10.4. The number of nitriles is 1. The molecule has 5 nitrogen and oxygen atoms in total. The van der Waals surface area contributed by atoms with E-state index in [-0.39, 0.29) is 9.23 Å². The summed E-state index contributed by atoms with van der Waals surface area (Å²) in [6, 6.07) is 3.44. The predicted octanol–water partition coefficient (Wildman–Crippen LogP) is 1.88. The molecule has 2 heterocycles. The Morgan fingerprint density at radius 2 is 1.95 bits per heavy atom. The van der Waals surface area contributed by atoms with Crippen LogP contribution in [0.5, 0.6) is 0 Å². The summed E-state index contributed by atoms with van der Waals surface area (Å²) in [7, 11) is -3.59. The first-order chi connectivity index (χ1) is 8.95. The molecule has 1 aromatic heterocycles. The highest BCUT2D eigenvalue weighted by atomic mass is 35.5. The largest absolute Gasteiger partial charge is 0.288 e. The van der Waals surface area contributed by atoms with Crippen molar-refractivity contribution in [2.24, 2.45) is 0 Å². The molecule has 19 heavy (non-hydrogen) atoms. The molecule has 2 rings (SSSR count). The molecule has 104 valence electrons. The van der Waals surface area contributed by atoms with E-state index in [1.807, 2.05) is 4.90 Å². The standard InChI is InChI=1S/C10H11Cl2N3O2S2/c11-9-7-8(10(12)18-9)19(16,17)15-5-3-14(2-1-13)4-6-15/h7H,2-6H2. The highest BCUT2D eigenvalue weighted by Gasteiger charge is 2.31. The Bertz CT molecular complexity index is 601. The van der Waals surface area contributed by atoms with E-state index in [0.717, 1.165) is 11.3 Å². The molecule has 0 spiro atoms. The minimum Gasteiger partial charge on any atom is -0.288 e. The molecular weight excluding hydrogens is 329 g/mol. The fraction of sp³-hybridized carbons (Fsp3) is 0.500. The zero-order chi connectivity index (χ0) is 14.0. The third kappa shape index (κ3) is 3.21. The van der Waals surface area contributed by atoms with E-state index in [2.05, 4.69) is 6.07 Å². The molecule has 0 amide bonds. The van der Waals surface area contributed by atoms with Crippen LogP contribution in [0.15, 0.2) is 11.0 Å². The number of piperazine rings is 1. The Balaban J connectivity index is 2.15. The van der Waals surface area contributed by atoms with Gasteiger partial charge in [-0.05, 0) is 6.07 Å². The number of nitrogens with zero attached hydrogens (tertiary/aromatic N) is 3. The first kappa shape index (κ1) is 15.0. The maximum atomic E-state index is 12.4. The van der Waals surface area contributed by atoms with Crippen molar-refractivity contribution >= 4 is 44.6 Å². The number of rotatable bonds is 3. The Hall–Kier alpha value is -0.360. The van der Waals surface area contributed by atoms with Crippen LogP contribution in [0.3, 0.4) is 0 Å². The van der Waals surface area contributed by atoms with Crippen LogP contribution >= 0.6 is 34.5 Å². The highest BCUT2D eigenvalue weighted by molar-refractivity contribution is 7.89. The van der Waals surface area contributed by atoms with Crippen molar-refractivity contribution in [3.8, 4) is 6.07 Å². The molecule has 1 fully saturated rings. The van der Waals surface area contributed by atoms with Crippen LogP contribution in [0, 0.1) is 11.3 Å².